The van der Waals surface area contributed by atoms with Crippen LogP contribution in [0.25, 0.3) is 0 Å². The van der Waals surface area contributed by atoms with Gasteiger partial charge in [-0.1, -0.05) is 0 Å². The Labute approximate surface area is 128 Å². The lowest BCUT2D eigenvalue weighted by Gasteiger charge is -2.33. The number of aliphatic hydroxyl groups is 1. The Hall–Kier alpha value is -0.650. The van der Waals surface area contributed by atoms with Gasteiger partial charge in [0.15, 0.2) is 0 Å². The van der Waals surface area contributed by atoms with Crippen molar-refractivity contribution in [2.24, 2.45) is 5.92 Å². The molecule has 0 spiro atoms. The third kappa shape index (κ3) is 5.24. The number of nitrogens with zero attached hydrogens (tertiary/aromatic N) is 2. The molecule has 5 nitrogen and oxygen atoms in total. The van der Waals surface area contributed by atoms with Gasteiger partial charge in [0.1, 0.15) is 0 Å². The number of β-amino-alcohol motifs (C(OH)–C–C–N with tert-alkyl or cyclic N) is 1. The zero-order chi connectivity index (χ0) is 15.2. The average Bonchev–Trinajstić information content (AvgIpc) is 2.99. The number of carbonyl (C=O) groups excluding carboxylic acids is 1. The van der Waals surface area contributed by atoms with Crippen LogP contribution < -0.4 is 5.32 Å². The van der Waals surface area contributed by atoms with Crippen LogP contribution in [-0.2, 0) is 4.79 Å². The first kappa shape index (κ1) is 16.7. The van der Waals surface area contributed by atoms with E-state index in [-0.39, 0.29) is 18.1 Å². The van der Waals surface area contributed by atoms with E-state index in [1.54, 1.807) is 0 Å². The van der Waals surface area contributed by atoms with Crippen LogP contribution in [0.4, 0.5) is 0 Å². The number of nitrogens with one attached hydrogen (secondary N) is 1. The van der Waals surface area contributed by atoms with Crippen molar-refractivity contribution in [1.82, 2.24) is 15.1 Å². The molecule has 2 fully saturated rings. The number of aliphatic hydroxyl groups excluding tert-OH is 1. The maximum atomic E-state index is 12.2. The summed E-state index contributed by atoms with van der Waals surface area (Å²) in [5.74, 6) is 0.920. The maximum absolute atomic E-state index is 12.2. The lowest BCUT2D eigenvalue weighted by molar-refractivity contribution is -0.132. The van der Waals surface area contributed by atoms with Gasteiger partial charge in [0.25, 0.3) is 0 Å². The van der Waals surface area contributed by atoms with E-state index in [2.05, 4.69) is 10.2 Å². The molecule has 0 unspecified atom stereocenters. The molecule has 0 radical (unpaired) electrons. The largest absolute Gasteiger partial charge is 0.392 e. The number of hydrogen-bond donors (Lipinski definition) is 2. The summed E-state index contributed by atoms with van der Waals surface area (Å²) < 4.78 is 0. The smallest absolute Gasteiger partial charge is 0.239 e. The van der Waals surface area contributed by atoms with Gasteiger partial charge in [-0.15, -0.1) is 0 Å². The molecule has 2 aliphatic heterocycles. The normalized spacial score (nSPS) is 24.2. The number of rotatable bonds is 6. The first-order valence-electron chi connectivity index (χ1n) is 8.49. The fourth-order valence-electron chi connectivity index (χ4n) is 3.39. The fraction of sp³-hybridized carbons (Fsp3) is 0.938. The molecule has 5 heteroatoms. The van der Waals surface area contributed by atoms with Crippen molar-refractivity contribution in [2.75, 3.05) is 39.3 Å². The minimum Gasteiger partial charge on any atom is -0.392 e. The molecule has 2 atom stereocenters. The highest BCUT2D eigenvalue weighted by molar-refractivity contribution is 5.81. The monoisotopic (exact) mass is 297 g/mol. The van der Waals surface area contributed by atoms with Crippen LogP contribution in [0.15, 0.2) is 0 Å². The third-order valence-electron chi connectivity index (χ3n) is 4.73. The van der Waals surface area contributed by atoms with E-state index in [9.17, 15) is 9.90 Å². The van der Waals surface area contributed by atoms with Crippen LogP contribution in [0.2, 0.25) is 0 Å². The zero-order valence-electron chi connectivity index (χ0n) is 13.6. The van der Waals surface area contributed by atoms with Gasteiger partial charge in [-0.05, 0) is 65.1 Å². The van der Waals surface area contributed by atoms with Gasteiger partial charge in [-0.2, -0.15) is 0 Å². The van der Waals surface area contributed by atoms with Crippen molar-refractivity contribution in [3.8, 4) is 0 Å². The fourth-order valence-corrected chi connectivity index (χ4v) is 3.39. The summed E-state index contributed by atoms with van der Waals surface area (Å²) in [6, 6.07) is -0.0569. The molecule has 2 aliphatic rings. The first-order valence-corrected chi connectivity index (χ1v) is 8.49. The van der Waals surface area contributed by atoms with Gasteiger partial charge < -0.3 is 20.2 Å². The summed E-state index contributed by atoms with van der Waals surface area (Å²) >= 11 is 0. The molecule has 21 heavy (non-hydrogen) atoms. The SMILES string of the molecule is C[C@H](O)CN1CCC(CN[C@@H](C)C(=O)N2CCCC2)CC1. The van der Waals surface area contributed by atoms with E-state index >= 15 is 0 Å². The second-order valence-electron chi connectivity index (χ2n) is 6.76. The quantitative estimate of drug-likeness (QED) is 0.757. The summed E-state index contributed by atoms with van der Waals surface area (Å²) in [7, 11) is 0. The Morgan fingerprint density at radius 2 is 1.81 bits per heavy atom. The number of likely N-dealkylation sites (tertiary alicyclic amines) is 2. The topological polar surface area (TPSA) is 55.8 Å². The van der Waals surface area contributed by atoms with E-state index in [1.807, 2.05) is 18.7 Å². The number of carbonyl (C=O) groups is 1. The molecule has 0 aromatic carbocycles. The highest BCUT2D eigenvalue weighted by Crippen LogP contribution is 2.17. The van der Waals surface area contributed by atoms with Crippen LogP contribution in [-0.4, -0.2) is 72.2 Å². The summed E-state index contributed by atoms with van der Waals surface area (Å²) in [6.07, 6.45) is 4.38. The Morgan fingerprint density at radius 1 is 1.19 bits per heavy atom. The highest BCUT2D eigenvalue weighted by Gasteiger charge is 2.25. The van der Waals surface area contributed by atoms with Gasteiger partial charge in [0, 0.05) is 19.6 Å². The Kier molecular flexibility index (Phi) is 6.45. The molecule has 2 rings (SSSR count). The maximum Gasteiger partial charge on any atom is 0.239 e. The van der Waals surface area contributed by atoms with E-state index in [4.69, 9.17) is 0 Å². The van der Waals surface area contributed by atoms with Gasteiger partial charge in [0.05, 0.1) is 12.1 Å². The van der Waals surface area contributed by atoms with Crippen molar-refractivity contribution in [3.63, 3.8) is 0 Å². The predicted octanol–water partition coefficient (Wildman–Crippen LogP) is 0.680. The molecular formula is C16H31N3O2. The van der Waals surface area contributed by atoms with Gasteiger partial charge in [0.2, 0.25) is 5.91 Å². The molecule has 0 aromatic rings. The summed E-state index contributed by atoms with van der Waals surface area (Å²) in [4.78, 5) is 16.5. The molecule has 0 aliphatic carbocycles. The van der Waals surface area contributed by atoms with Crippen molar-refractivity contribution < 1.29 is 9.90 Å². The Morgan fingerprint density at radius 3 is 2.38 bits per heavy atom. The minimum atomic E-state index is -0.238. The standard InChI is InChI=1S/C16H31N3O2/c1-13(20)12-18-9-5-15(6-10-18)11-17-14(2)16(21)19-7-3-4-8-19/h13-15,17,20H,3-12H2,1-2H3/t13-,14-/m0/s1. The lowest BCUT2D eigenvalue weighted by atomic mass is 9.96. The van der Waals surface area contributed by atoms with Gasteiger partial charge in [-0.25, -0.2) is 0 Å². The van der Waals surface area contributed by atoms with Crippen LogP contribution in [0, 0.1) is 5.92 Å². The molecule has 0 saturated carbocycles. The summed E-state index contributed by atoms with van der Waals surface area (Å²) in [5.41, 5.74) is 0. The first-order chi connectivity index (χ1) is 10.1. The van der Waals surface area contributed by atoms with Crippen LogP contribution in [0.3, 0.4) is 0 Å². The van der Waals surface area contributed by atoms with Crippen LogP contribution >= 0.6 is 0 Å². The number of piperidine rings is 1. The van der Waals surface area contributed by atoms with Crippen molar-refractivity contribution in [2.45, 2.75) is 51.7 Å². The zero-order valence-corrected chi connectivity index (χ0v) is 13.6. The molecule has 1 amide bonds. The van der Waals surface area contributed by atoms with Crippen molar-refractivity contribution in [1.29, 1.82) is 0 Å². The van der Waals surface area contributed by atoms with E-state index < -0.39 is 0 Å². The van der Waals surface area contributed by atoms with E-state index in [1.165, 1.54) is 0 Å². The van der Waals surface area contributed by atoms with E-state index in [0.29, 0.717) is 5.92 Å². The molecule has 122 valence electrons. The third-order valence-corrected chi connectivity index (χ3v) is 4.73. The van der Waals surface area contributed by atoms with E-state index in [0.717, 1.165) is 65.0 Å². The molecule has 2 saturated heterocycles. The number of hydrogen-bond acceptors (Lipinski definition) is 4. The summed E-state index contributed by atoms with van der Waals surface area (Å²) in [5, 5.41) is 12.8. The van der Waals surface area contributed by atoms with Gasteiger partial charge in [-0.3, -0.25) is 4.79 Å². The second-order valence-corrected chi connectivity index (χ2v) is 6.76. The molecule has 0 aromatic heterocycles. The molecule has 2 N–H and O–H groups in total. The van der Waals surface area contributed by atoms with Crippen molar-refractivity contribution >= 4 is 5.91 Å². The van der Waals surface area contributed by atoms with Crippen LogP contribution in [0.1, 0.15) is 39.5 Å². The average molecular weight is 297 g/mol. The van der Waals surface area contributed by atoms with Crippen molar-refractivity contribution in [3.05, 3.63) is 0 Å². The number of amides is 1. The lowest BCUT2D eigenvalue weighted by Crippen LogP contribution is -2.46. The second kappa shape index (κ2) is 8.11. The molecular weight excluding hydrogens is 266 g/mol. The highest BCUT2D eigenvalue weighted by atomic mass is 16.3. The van der Waals surface area contributed by atoms with Crippen LogP contribution in [0.5, 0.6) is 0 Å². The Balaban J connectivity index is 1.63. The molecule has 0 bridgehead atoms. The molecule has 2 heterocycles. The minimum absolute atomic E-state index is 0.0569. The predicted molar refractivity (Wildman–Crippen MR) is 84.1 cm³/mol. The summed E-state index contributed by atoms with van der Waals surface area (Å²) in [6.45, 7) is 9.54. The van der Waals surface area contributed by atoms with Gasteiger partial charge >= 0.3 is 0 Å². The Bertz CT molecular complexity index is 321.